The van der Waals surface area contributed by atoms with Gasteiger partial charge in [-0.3, -0.25) is 4.79 Å². The van der Waals surface area contributed by atoms with E-state index < -0.39 is 9.84 Å². The van der Waals surface area contributed by atoms with Crippen LogP contribution in [-0.4, -0.2) is 33.3 Å². The zero-order valence-corrected chi connectivity index (χ0v) is 18.1. The highest BCUT2D eigenvalue weighted by Crippen LogP contribution is 2.29. The van der Waals surface area contributed by atoms with Crippen molar-refractivity contribution in [2.24, 2.45) is 0 Å². The van der Waals surface area contributed by atoms with Crippen LogP contribution in [0.3, 0.4) is 0 Å². The molecule has 0 spiro atoms. The van der Waals surface area contributed by atoms with E-state index in [-0.39, 0.29) is 45.7 Å². The first kappa shape index (κ1) is 23.2. The van der Waals surface area contributed by atoms with Crippen molar-refractivity contribution in [1.29, 1.82) is 5.26 Å². The zero-order chi connectivity index (χ0) is 21.4. The molecule has 1 amide bonds. The molecule has 154 valence electrons. The number of rotatable bonds is 9. The number of halogens is 2. The maximum absolute atomic E-state index is 12.3. The Morgan fingerprint density at radius 2 is 1.83 bits per heavy atom. The second-order valence-corrected chi connectivity index (χ2v) is 9.24. The summed E-state index contributed by atoms with van der Waals surface area (Å²) in [6.07, 6.45) is 0.294. The average Bonchev–Trinajstić information content (AvgIpc) is 2.69. The topological polar surface area (TPSA) is 99.1 Å². The van der Waals surface area contributed by atoms with Gasteiger partial charge in [-0.1, -0.05) is 48.3 Å². The number of nitriles is 1. The Labute approximate surface area is 180 Å². The number of carbonyl (C=O) groups excluding carboxylic acids is 1. The molecule has 2 aromatic carbocycles. The van der Waals surface area contributed by atoms with E-state index >= 15 is 0 Å². The van der Waals surface area contributed by atoms with E-state index in [0.717, 1.165) is 5.56 Å². The van der Waals surface area contributed by atoms with E-state index in [2.05, 4.69) is 16.7 Å². The van der Waals surface area contributed by atoms with Gasteiger partial charge < -0.3 is 10.6 Å². The fourth-order valence-electron chi connectivity index (χ4n) is 2.65. The van der Waals surface area contributed by atoms with Crippen molar-refractivity contribution in [3.05, 3.63) is 63.6 Å². The van der Waals surface area contributed by atoms with E-state index in [0.29, 0.717) is 12.0 Å². The summed E-state index contributed by atoms with van der Waals surface area (Å²) >= 11 is 11.8. The van der Waals surface area contributed by atoms with E-state index in [4.69, 9.17) is 28.5 Å². The molecular weight excluding hydrogens is 433 g/mol. The number of benzene rings is 2. The quantitative estimate of drug-likeness (QED) is 0.565. The number of carbonyl (C=O) groups is 1. The summed E-state index contributed by atoms with van der Waals surface area (Å²) in [6, 6.07) is 13.6. The molecule has 0 saturated carbocycles. The van der Waals surface area contributed by atoms with Gasteiger partial charge in [-0.05, 0) is 35.7 Å². The number of nitrogens with one attached hydrogen (secondary N) is 2. The lowest BCUT2D eigenvalue weighted by Gasteiger charge is -2.13. The van der Waals surface area contributed by atoms with Crippen molar-refractivity contribution in [2.45, 2.75) is 24.2 Å². The van der Waals surface area contributed by atoms with Crippen molar-refractivity contribution in [3.8, 4) is 6.07 Å². The molecule has 0 saturated heterocycles. The van der Waals surface area contributed by atoms with Gasteiger partial charge >= 0.3 is 0 Å². The third kappa shape index (κ3) is 6.72. The fourth-order valence-corrected chi connectivity index (χ4v) is 4.60. The molecule has 2 aromatic rings. The van der Waals surface area contributed by atoms with Crippen LogP contribution in [0.15, 0.2) is 47.4 Å². The summed E-state index contributed by atoms with van der Waals surface area (Å²) in [4.78, 5) is 12.0. The van der Waals surface area contributed by atoms with Gasteiger partial charge in [0.2, 0.25) is 5.91 Å². The maximum atomic E-state index is 12.3. The van der Waals surface area contributed by atoms with Gasteiger partial charge in [-0.25, -0.2) is 8.42 Å². The van der Waals surface area contributed by atoms with Crippen LogP contribution in [-0.2, 0) is 14.6 Å². The molecule has 0 aliphatic rings. The molecule has 2 N–H and O–H groups in total. The van der Waals surface area contributed by atoms with Crippen molar-refractivity contribution < 1.29 is 13.2 Å². The Morgan fingerprint density at radius 1 is 1.14 bits per heavy atom. The molecule has 9 heteroatoms. The summed E-state index contributed by atoms with van der Waals surface area (Å²) in [5.74, 6) is -0.449. The highest BCUT2D eigenvalue weighted by Gasteiger charge is 2.19. The van der Waals surface area contributed by atoms with Gasteiger partial charge in [-0.2, -0.15) is 5.26 Å². The van der Waals surface area contributed by atoms with Crippen LogP contribution in [0, 0.1) is 11.3 Å². The second kappa shape index (κ2) is 10.6. The van der Waals surface area contributed by atoms with Crippen molar-refractivity contribution >= 4 is 38.9 Å². The molecule has 1 unspecified atom stereocenters. The van der Waals surface area contributed by atoms with E-state index in [1.54, 1.807) is 12.1 Å². The lowest BCUT2D eigenvalue weighted by atomic mass is 9.96. The van der Waals surface area contributed by atoms with Crippen molar-refractivity contribution in [2.75, 3.05) is 19.0 Å². The summed E-state index contributed by atoms with van der Waals surface area (Å²) in [7, 11) is -3.64. The number of amides is 1. The number of hydrogen-bond donors (Lipinski definition) is 2. The minimum absolute atomic E-state index is 0.000973. The first-order chi connectivity index (χ1) is 13.7. The molecule has 0 aliphatic carbocycles. The molecule has 2 rings (SSSR count). The molecular formula is C20H21Cl2N3O3S. The normalized spacial score (nSPS) is 12.2. The molecule has 0 heterocycles. The molecule has 0 aromatic heterocycles. The van der Waals surface area contributed by atoms with Gasteiger partial charge in [0.25, 0.3) is 0 Å². The van der Waals surface area contributed by atoms with E-state index in [9.17, 15) is 13.2 Å². The van der Waals surface area contributed by atoms with E-state index in [1.807, 2.05) is 19.1 Å². The van der Waals surface area contributed by atoms with Crippen LogP contribution in [0.25, 0.3) is 0 Å². The monoisotopic (exact) mass is 453 g/mol. The smallest absolute Gasteiger partial charge is 0.220 e. The lowest BCUT2D eigenvalue weighted by Crippen LogP contribution is -2.34. The summed E-state index contributed by atoms with van der Waals surface area (Å²) in [5, 5.41) is 14.5. The average molecular weight is 454 g/mol. The first-order valence-corrected chi connectivity index (χ1v) is 11.3. The Balaban J connectivity index is 1.75. The Kier molecular flexibility index (Phi) is 8.47. The molecule has 0 bridgehead atoms. The predicted octanol–water partition coefficient (Wildman–Crippen LogP) is 3.50. The standard InChI is InChI=1S/C20H21Cl2N3O3S/c1-14(16-7-5-15(12-23)6-8-16)11-19(26)25-10-9-24-13-29(27,28)18-4-2-3-17(21)20(18)22/h2-8,14,24H,9-11,13H2,1H3,(H,25,26). The van der Waals surface area contributed by atoms with Crippen LogP contribution >= 0.6 is 23.2 Å². The molecule has 1 atom stereocenters. The van der Waals surface area contributed by atoms with Crippen molar-refractivity contribution in [1.82, 2.24) is 10.6 Å². The van der Waals surface area contributed by atoms with Crippen molar-refractivity contribution in [3.63, 3.8) is 0 Å². The molecule has 0 aliphatic heterocycles. The lowest BCUT2D eigenvalue weighted by molar-refractivity contribution is -0.121. The fraction of sp³-hybridized carbons (Fsp3) is 0.300. The highest BCUT2D eigenvalue weighted by molar-refractivity contribution is 7.91. The second-order valence-electron chi connectivity index (χ2n) is 6.50. The van der Waals surface area contributed by atoms with Crippen LogP contribution in [0.5, 0.6) is 0 Å². The van der Waals surface area contributed by atoms with Gasteiger partial charge in [0, 0.05) is 19.5 Å². The predicted molar refractivity (Wildman–Crippen MR) is 114 cm³/mol. The van der Waals surface area contributed by atoms with Gasteiger partial charge in [0.05, 0.1) is 26.6 Å². The maximum Gasteiger partial charge on any atom is 0.220 e. The third-order valence-electron chi connectivity index (χ3n) is 4.27. The minimum atomic E-state index is -3.64. The zero-order valence-electron chi connectivity index (χ0n) is 15.8. The van der Waals surface area contributed by atoms with Gasteiger partial charge in [0.15, 0.2) is 9.84 Å². The minimum Gasteiger partial charge on any atom is -0.355 e. The molecule has 0 fully saturated rings. The number of hydrogen-bond acceptors (Lipinski definition) is 5. The molecule has 0 radical (unpaired) electrons. The summed E-state index contributed by atoms with van der Waals surface area (Å²) in [5.41, 5.74) is 1.55. The van der Waals surface area contributed by atoms with Gasteiger partial charge in [-0.15, -0.1) is 0 Å². The number of sulfone groups is 1. The van der Waals surface area contributed by atoms with Crippen LogP contribution in [0.2, 0.25) is 10.0 Å². The third-order valence-corrected chi connectivity index (χ3v) is 6.79. The van der Waals surface area contributed by atoms with Crippen LogP contribution < -0.4 is 10.6 Å². The van der Waals surface area contributed by atoms with Crippen LogP contribution in [0.4, 0.5) is 0 Å². The largest absolute Gasteiger partial charge is 0.355 e. The number of nitrogens with zero attached hydrogens (tertiary/aromatic N) is 1. The SMILES string of the molecule is CC(CC(=O)NCCNCS(=O)(=O)c1cccc(Cl)c1Cl)c1ccc(C#N)cc1. The van der Waals surface area contributed by atoms with E-state index in [1.165, 1.54) is 18.2 Å². The Bertz CT molecular complexity index is 1000. The first-order valence-electron chi connectivity index (χ1n) is 8.89. The van der Waals surface area contributed by atoms with Crippen LogP contribution in [0.1, 0.15) is 30.4 Å². The highest BCUT2D eigenvalue weighted by atomic mass is 35.5. The molecule has 6 nitrogen and oxygen atoms in total. The Hall–Kier alpha value is -2.11. The molecule has 29 heavy (non-hydrogen) atoms. The Morgan fingerprint density at radius 3 is 2.48 bits per heavy atom. The summed E-state index contributed by atoms with van der Waals surface area (Å²) in [6.45, 7) is 2.51. The summed E-state index contributed by atoms with van der Waals surface area (Å²) < 4.78 is 24.7. The van der Waals surface area contributed by atoms with Gasteiger partial charge in [0.1, 0.15) is 5.88 Å².